The Kier molecular flexibility index (Phi) is 10.2. The van der Waals surface area contributed by atoms with Gasteiger partial charge in [-0.25, -0.2) is 0 Å². The van der Waals surface area contributed by atoms with Gasteiger partial charge in [-0.2, -0.15) is 0 Å². The molecular weight excluding hydrogens is 332 g/mol. The van der Waals surface area contributed by atoms with Crippen molar-refractivity contribution in [3.63, 3.8) is 0 Å². The van der Waals surface area contributed by atoms with Crippen LogP contribution in [-0.4, -0.2) is 71.0 Å². The fourth-order valence-corrected chi connectivity index (χ4v) is 3.14. The van der Waals surface area contributed by atoms with Crippen LogP contribution in [0.1, 0.15) is 37.5 Å². The van der Waals surface area contributed by atoms with Gasteiger partial charge in [-0.1, -0.05) is 0 Å². The molecule has 1 unspecified atom stereocenters. The van der Waals surface area contributed by atoms with Crippen molar-refractivity contribution in [2.24, 2.45) is 4.99 Å². The molecule has 7 nitrogen and oxygen atoms in total. The Morgan fingerprint density at radius 2 is 2.08 bits per heavy atom. The molecule has 7 heteroatoms. The summed E-state index contributed by atoms with van der Waals surface area (Å²) in [5.74, 6) is 1.85. The van der Waals surface area contributed by atoms with E-state index in [2.05, 4.69) is 26.6 Å². The van der Waals surface area contributed by atoms with E-state index in [1.165, 1.54) is 12.8 Å². The van der Waals surface area contributed by atoms with E-state index in [9.17, 15) is 0 Å². The number of ether oxygens (including phenoxy) is 2. The number of likely N-dealkylation sites (tertiary alicyclic amines) is 1. The fourth-order valence-electron chi connectivity index (χ4n) is 3.14. The summed E-state index contributed by atoms with van der Waals surface area (Å²) < 4.78 is 16.1. The Bertz CT molecular complexity index is 487. The van der Waals surface area contributed by atoms with Gasteiger partial charge in [-0.15, -0.1) is 0 Å². The van der Waals surface area contributed by atoms with Crippen LogP contribution >= 0.6 is 0 Å². The average Bonchev–Trinajstić information content (AvgIpc) is 3.37. The highest BCUT2D eigenvalue weighted by Crippen LogP contribution is 2.24. The van der Waals surface area contributed by atoms with Gasteiger partial charge in [-0.3, -0.25) is 9.89 Å². The predicted molar refractivity (Wildman–Crippen MR) is 104 cm³/mol. The lowest BCUT2D eigenvalue weighted by atomic mass is 10.2. The van der Waals surface area contributed by atoms with Crippen molar-refractivity contribution in [2.75, 3.05) is 60.2 Å². The van der Waals surface area contributed by atoms with Crippen molar-refractivity contribution in [2.45, 2.75) is 31.7 Å². The zero-order valence-electron chi connectivity index (χ0n) is 16.2. The van der Waals surface area contributed by atoms with Crippen LogP contribution in [0, 0.1) is 0 Å². The lowest BCUT2D eigenvalue weighted by molar-refractivity contribution is 0.0689. The number of rotatable bonds is 12. The molecule has 0 bridgehead atoms. The molecule has 0 saturated carbocycles. The first kappa shape index (κ1) is 20.7. The Morgan fingerprint density at radius 3 is 2.77 bits per heavy atom. The summed E-state index contributed by atoms with van der Waals surface area (Å²) in [6, 6.07) is 4.27. The highest BCUT2D eigenvalue weighted by molar-refractivity contribution is 5.79. The summed E-state index contributed by atoms with van der Waals surface area (Å²) in [5, 5.41) is 6.82. The van der Waals surface area contributed by atoms with Crippen molar-refractivity contribution < 1.29 is 13.9 Å². The quantitative estimate of drug-likeness (QED) is 0.335. The van der Waals surface area contributed by atoms with Crippen LogP contribution in [0.2, 0.25) is 0 Å². The van der Waals surface area contributed by atoms with Gasteiger partial charge in [0.1, 0.15) is 5.76 Å². The van der Waals surface area contributed by atoms with E-state index < -0.39 is 0 Å². The van der Waals surface area contributed by atoms with E-state index in [1.54, 1.807) is 20.4 Å². The third kappa shape index (κ3) is 7.35. The number of hydrogen-bond donors (Lipinski definition) is 2. The van der Waals surface area contributed by atoms with Crippen LogP contribution < -0.4 is 10.6 Å². The Hall–Kier alpha value is -1.57. The minimum atomic E-state index is 0.250. The smallest absolute Gasteiger partial charge is 0.191 e. The molecule has 0 aromatic carbocycles. The molecule has 1 fully saturated rings. The van der Waals surface area contributed by atoms with Crippen molar-refractivity contribution >= 4 is 5.96 Å². The molecule has 1 aromatic heterocycles. The van der Waals surface area contributed by atoms with Gasteiger partial charge in [0.05, 0.1) is 25.5 Å². The van der Waals surface area contributed by atoms with Crippen molar-refractivity contribution in [3.8, 4) is 0 Å². The van der Waals surface area contributed by atoms with Gasteiger partial charge in [-0.05, 0) is 50.9 Å². The predicted octanol–water partition coefficient (Wildman–Crippen LogP) is 2.02. The van der Waals surface area contributed by atoms with E-state index in [0.717, 1.165) is 57.3 Å². The topological polar surface area (TPSA) is 71.3 Å². The Balaban J connectivity index is 1.66. The minimum absolute atomic E-state index is 0.250. The van der Waals surface area contributed by atoms with E-state index in [0.29, 0.717) is 13.2 Å². The summed E-state index contributed by atoms with van der Waals surface area (Å²) in [4.78, 5) is 6.81. The van der Waals surface area contributed by atoms with Gasteiger partial charge in [0.25, 0.3) is 0 Å². The lowest BCUT2D eigenvalue weighted by Crippen LogP contribution is -2.42. The highest BCUT2D eigenvalue weighted by Gasteiger charge is 2.25. The number of nitrogens with zero attached hydrogens (tertiary/aromatic N) is 2. The molecule has 2 N–H and O–H groups in total. The van der Waals surface area contributed by atoms with Crippen molar-refractivity contribution in [1.82, 2.24) is 15.5 Å². The number of furan rings is 1. The molecule has 148 valence electrons. The van der Waals surface area contributed by atoms with Gasteiger partial charge < -0.3 is 24.5 Å². The maximum Gasteiger partial charge on any atom is 0.191 e. The largest absolute Gasteiger partial charge is 0.468 e. The minimum Gasteiger partial charge on any atom is -0.468 e. The average molecular weight is 367 g/mol. The third-order valence-corrected chi connectivity index (χ3v) is 4.58. The van der Waals surface area contributed by atoms with Crippen LogP contribution in [0.3, 0.4) is 0 Å². The summed E-state index contributed by atoms with van der Waals surface area (Å²) in [5.41, 5.74) is 0. The van der Waals surface area contributed by atoms with E-state index in [-0.39, 0.29) is 6.04 Å². The highest BCUT2D eigenvalue weighted by atomic mass is 16.5. The number of aliphatic imine (C=N–C) groups is 1. The molecule has 1 aliphatic rings. The van der Waals surface area contributed by atoms with E-state index in [4.69, 9.17) is 13.9 Å². The van der Waals surface area contributed by atoms with Gasteiger partial charge in [0.2, 0.25) is 0 Å². The molecule has 2 rings (SSSR count). The standard InChI is InChI=1S/C19H34N4O3/c1-20-19(21-9-3-6-12-25-15-14-24-2)22-16-17(18-8-7-13-26-18)23-10-4-5-11-23/h7-8,13,17H,3-6,9-12,14-16H2,1-2H3,(H2,20,21,22). The second kappa shape index (κ2) is 12.7. The first-order valence-corrected chi connectivity index (χ1v) is 9.63. The molecule has 1 aliphatic heterocycles. The Labute approximate surface area is 157 Å². The number of methoxy groups -OCH3 is 1. The number of hydrogen-bond acceptors (Lipinski definition) is 5. The molecule has 26 heavy (non-hydrogen) atoms. The van der Waals surface area contributed by atoms with Crippen LogP contribution in [0.5, 0.6) is 0 Å². The monoisotopic (exact) mass is 366 g/mol. The van der Waals surface area contributed by atoms with Crippen LogP contribution in [0.25, 0.3) is 0 Å². The second-order valence-electron chi connectivity index (χ2n) is 6.47. The van der Waals surface area contributed by atoms with Crippen molar-refractivity contribution in [1.29, 1.82) is 0 Å². The molecule has 1 atom stereocenters. The van der Waals surface area contributed by atoms with Gasteiger partial charge in [0, 0.05) is 33.9 Å². The number of nitrogens with one attached hydrogen (secondary N) is 2. The molecule has 0 radical (unpaired) electrons. The fraction of sp³-hybridized carbons (Fsp3) is 0.737. The summed E-state index contributed by atoms with van der Waals surface area (Å²) in [6.45, 7) is 6.01. The van der Waals surface area contributed by atoms with Crippen LogP contribution in [0.15, 0.2) is 27.8 Å². The van der Waals surface area contributed by atoms with Crippen LogP contribution in [-0.2, 0) is 9.47 Å². The maximum absolute atomic E-state index is 5.66. The molecule has 0 amide bonds. The van der Waals surface area contributed by atoms with Gasteiger partial charge in [0.15, 0.2) is 5.96 Å². The van der Waals surface area contributed by atoms with E-state index in [1.807, 2.05) is 6.07 Å². The zero-order valence-corrected chi connectivity index (χ0v) is 16.2. The Morgan fingerprint density at radius 1 is 1.23 bits per heavy atom. The second-order valence-corrected chi connectivity index (χ2v) is 6.47. The first-order chi connectivity index (χ1) is 12.8. The summed E-state index contributed by atoms with van der Waals surface area (Å²) in [6.07, 6.45) is 6.34. The summed E-state index contributed by atoms with van der Waals surface area (Å²) >= 11 is 0. The third-order valence-electron chi connectivity index (χ3n) is 4.58. The van der Waals surface area contributed by atoms with Crippen LogP contribution in [0.4, 0.5) is 0 Å². The normalized spacial score (nSPS) is 16.8. The lowest BCUT2D eigenvalue weighted by Gasteiger charge is -2.26. The maximum atomic E-state index is 5.66. The molecule has 0 spiro atoms. The molecule has 1 aromatic rings. The zero-order chi connectivity index (χ0) is 18.5. The summed E-state index contributed by atoms with van der Waals surface area (Å²) in [7, 11) is 3.49. The van der Waals surface area contributed by atoms with Gasteiger partial charge >= 0.3 is 0 Å². The van der Waals surface area contributed by atoms with E-state index >= 15 is 0 Å². The first-order valence-electron chi connectivity index (χ1n) is 9.63. The molecular formula is C19H34N4O3. The number of unbranched alkanes of at least 4 members (excludes halogenated alkanes) is 1. The SMILES string of the molecule is CN=C(NCCCCOCCOC)NCC(c1ccco1)N1CCCC1. The molecule has 1 saturated heterocycles. The number of guanidine groups is 1. The molecule has 0 aliphatic carbocycles. The van der Waals surface area contributed by atoms with Crippen molar-refractivity contribution in [3.05, 3.63) is 24.2 Å². The molecule has 2 heterocycles.